The molecule has 0 bridgehead atoms. The van der Waals surface area contributed by atoms with Gasteiger partial charge in [-0.05, 0) is 25.7 Å². The highest BCUT2D eigenvalue weighted by Gasteiger charge is 2.42. The molecule has 0 aromatic carbocycles. The lowest BCUT2D eigenvalue weighted by Crippen LogP contribution is -2.49. The molecule has 1 saturated carbocycles. The molecule has 1 aliphatic carbocycles. The van der Waals surface area contributed by atoms with E-state index in [1.807, 2.05) is 0 Å². The Morgan fingerprint density at radius 3 is 2.68 bits per heavy atom. The van der Waals surface area contributed by atoms with Crippen molar-refractivity contribution in [2.45, 2.75) is 32.4 Å². The number of allylic oxidation sites excluding steroid dienone is 1. The summed E-state index contributed by atoms with van der Waals surface area (Å²) in [6.07, 6.45) is -1.58. The van der Waals surface area contributed by atoms with Crippen molar-refractivity contribution < 1.29 is 22.7 Å². The van der Waals surface area contributed by atoms with Gasteiger partial charge >= 0.3 is 12.3 Å². The van der Waals surface area contributed by atoms with Gasteiger partial charge in [0.1, 0.15) is 0 Å². The molecule has 0 aromatic rings. The van der Waals surface area contributed by atoms with Gasteiger partial charge in [-0.1, -0.05) is 6.42 Å². The summed E-state index contributed by atoms with van der Waals surface area (Å²) < 4.78 is 42.7. The molecule has 1 fully saturated rings. The minimum Gasteiger partial charge on any atom is -0.448 e. The summed E-state index contributed by atoms with van der Waals surface area (Å²) in [6, 6.07) is 0. The maximum atomic E-state index is 12.7. The molecule has 0 spiro atoms. The fourth-order valence-corrected chi connectivity index (χ4v) is 1.94. The SMILES string of the molecule is CCOC(=O)N1C=C(C(F)(F)F)NN1CC1CCC1. The van der Waals surface area contributed by atoms with Crippen molar-refractivity contribution in [1.82, 2.24) is 15.6 Å². The fourth-order valence-electron chi connectivity index (χ4n) is 1.94. The topological polar surface area (TPSA) is 44.8 Å². The standard InChI is InChI=1S/C11H16F3N3O2/c1-2-19-10(18)16-7-9(11(12,13)14)15-17(16)6-8-4-3-5-8/h7-8,15H,2-6H2,1H3. The number of rotatable bonds is 3. The molecule has 0 saturated heterocycles. The predicted molar refractivity (Wildman–Crippen MR) is 60.2 cm³/mol. The minimum absolute atomic E-state index is 0.113. The minimum atomic E-state index is -4.51. The number of ether oxygens (including phenoxy) is 1. The van der Waals surface area contributed by atoms with Gasteiger partial charge in [0.15, 0.2) is 5.70 Å². The average molecular weight is 279 g/mol. The maximum absolute atomic E-state index is 12.7. The molecule has 1 aliphatic heterocycles. The normalized spacial score (nSPS) is 20.8. The van der Waals surface area contributed by atoms with Gasteiger partial charge in [-0.25, -0.2) is 4.79 Å². The summed E-state index contributed by atoms with van der Waals surface area (Å²) in [6.45, 7) is 2.07. The third-order valence-corrected chi connectivity index (χ3v) is 3.18. The second-order valence-corrected chi connectivity index (χ2v) is 4.57. The van der Waals surface area contributed by atoms with Gasteiger partial charge in [-0.15, -0.1) is 5.12 Å². The van der Waals surface area contributed by atoms with Crippen LogP contribution in [0.15, 0.2) is 11.9 Å². The van der Waals surface area contributed by atoms with Crippen LogP contribution in [0.25, 0.3) is 0 Å². The van der Waals surface area contributed by atoms with E-state index in [-0.39, 0.29) is 6.61 Å². The van der Waals surface area contributed by atoms with E-state index in [0.29, 0.717) is 12.5 Å². The van der Waals surface area contributed by atoms with Crippen LogP contribution in [0, 0.1) is 5.92 Å². The van der Waals surface area contributed by atoms with Crippen LogP contribution < -0.4 is 5.43 Å². The summed E-state index contributed by atoms with van der Waals surface area (Å²) >= 11 is 0. The lowest BCUT2D eigenvalue weighted by atomic mass is 9.85. The largest absolute Gasteiger partial charge is 0.448 e. The van der Waals surface area contributed by atoms with Crippen LogP contribution in [0.1, 0.15) is 26.2 Å². The second kappa shape index (κ2) is 5.28. The van der Waals surface area contributed by atoms with Crippen LogP contribution in [-0.2, 0) is 4.74 Å². The number of hydrogen-bond donors (Lipinski definition) is 1. The van der Waals surface area contributed by atoms with E-state index in [1.165, 1.54) is 5.12 Å². The number of halogens is 3. The molecule has 108 valence electrons. The highest BCUT2D eigenvalue weighted by Crippen LogP contribution is 2.31. The van der Waals surface area contributed by atoms with Crippen LogP contribution >= 0.6 is 0 Å². The second-order valence-electron chi connectivity index (χ2n) is 4.57. The van der Waals surface area contributed by atoms with Gasteiger partial charge < -0.3 is 4.74 Å². The van der Waals surface area contributed by atoms with Crippen molar-refractivity contribution in [3.05, 3.63) is 11.9 Å². The van der Waals surface area contributed by atoms with Crippen LogP contribution in [0.2, 0.25) is 0 Å². The molecule has 5 nitrogen and oxygen atoms in total. The number of nitrogens with zero attached hydrogens (tertiary/aromatic N) is 2. The Kier molecular flexibility index (Phi) is 3.88. The van der Waals surface area contributed by atoms with Crippen molar-refractivity contribution >= 4 is 6.09 Å². The van der Waals surface area contributed by atoms with Crippen molar-refractivity contribution in [3.8, 4) is 0 Å². The highest BCUT2D eigenvalue weighted by atomic mass is 19.4. The van der Waals surface area contributed by atoms with Gasteiger partial charge in [0.2, 0.25) is 0 Å². The van der Waals surface area contributed by atoms with Crippen molar-refractivity contribution in [1.29, 1.82) is 0 Å². The third-order valence-electron chi connectivity index (χ3n) is 3.18. The summed E-state index contributed by atoms with van der Waals surface area (Å²) in [5.41, 5.74) is 1.26. The lowest BCUT2D eigenvalue weighted by Gasteiger charge is -2.33. The van der Waals surface area contributed by atoms with E-state index in [2.05, 4.69) is 5.43 Å². The van der Waals surface area contributed by atoms with Gasteiger partial charge in [0.05, 0.1) is 12.8 Å². The van der Waals surface area contributed by atoms with E-state index in [0.717, 1.165) is 30.5 Å². The zero-order chi connectivity index (χ0) is 14.0. The van der Waals surface area contributed by atoms with Crippen molar-refractivity contribution in [3.63, 3.8) is 0 Å². The molecule has 0 unspecified atom stereocenters. The van der Waals surface area contributed by atoms with E-state index >= 15 is 0 Å². The van der Waals surface area contributed by atoms with E-state index < -0.39 is 18.0 Å². The first-order valence-electron chi connectivity index (χ1n) is 6.21. The fraction of sp³-hybridized carbons (Fsp3) is 0.727. The smallest absolute Gasteiger partial charge is 0.433 e. The van der Waals surface area contributed by atoms with Crippen LogP contribution in [0.3, 0.4) is 0 Å². The van der Waals surface area contributed by atoms with Crippen molar-refractivity contribution in [2.24, 2.45) is 5.92 Å². The van der Waals surface area contributed by atoms with Gasteiger partial charge in [-0.2, -0.15) is 18.2 Å². The molecule has 0 aromatic heterocycles. The lowest BCUT2D eigenvalue weighted by molar-refractivity contribution is -0.105. The average Bonchev–Trinajstić information content (AvgIpc) is 2.67. The van der Waals surface area contributed by atoms with Crippen LogP contribution in [0.5, 0.6) is 0 Å². The molecule has 0 radical (unpaired) electrons. The van der Waals surface area contributed by atoms with E-state index in [1.54, 1.807) is 6.92 Å². The molecule has 0 atom stereocenters. The summed E-state index contributed by atoms with van der Waals surface area (Å²) in [7, 11) is 0. The molecular weight excluding hydrogens is 263 g/mol. The first kappa shape index (κ1) is 14.0. The van der Waals surface area contributed by atoms with E-state index in [9.17, 15) is 18.0 Å². The molecule has 1 amide bonds. The Morgan fingerprint density at radius 1 is 1.53 bits per heavy atom. The number of nitrogens with one attached hydrogen (secondary N) is 1. The highest BCUT2D eigenvalue weighted by molar-refractivity contribution is 5.68. The molecule has 2 rings (SSSR count). The maximum Gasteiger partial charge on any atom is 0.433 e. The van der Waals surface area contributed by atoms with Crippen LogP contribution in [0.4, 0.5) is 18.0 Å². The summed E-state index contributed by atoms with van der Waals surface area (Å²) in [5.74, 6) is 0.311. The van der Waals surface area contributed by atoms with Crippen molar-refractivity contribution in [2.75, 3.05) is 13.2 Å². The number of alkyl halides is 3. The number of amides is 1. The number of hydrogen-bond acceptors (Lipinski definition) is 4. The number of carbonyl (C=O) groups is 1. The third kappa shape index (κ3) is 3.12. The quantitative estimate of drug-likeness (QED) is 0.861. The Balaban J connectivity index is 2.06. The van der Waals surface area contributed by atoms with E-state index in [4.69, 9.17) is 4.74 Å². The van der Waals surface area contributed by atoms with Gasteiger partial charge in [0.25, 0.3) is 0 Å². The molecule has 19 heavy (non-hydrogen) atoms. The Hall–Kier alpha value is -1.44. The Labute approximate surface area is 108 Å². The molecule has 1 heterocycles. The summed E-state index contributed by atoms with van der Waals surface area (Å²) in [4.78, 5) is 11.6. The molecular formula is C11H16F3N3O2. The van der Waals surface area contributed by atoms with Gasteiger partial charge in [0, 0.05) is 6.54 Å². The molecule has 1 N–H and O–H groups in total. The predicted octanol–water partition coefficient (Wildman–Crippen LogP) is 2.38. The zero-order valence-corrected chi connectivity index (χ0v) is 10.5. The summed E-state index contributed by atoms with van der Waals surface area (Å²) in [5, 5.41) is 2.02. The molecule has 8 heteroatoms. The monoisotopic (exact) mass is 279 g/mol. The van der Waals surface area contributed by atoms with Gasteiger partial charge in [-0.3, -0.25) is 5.43 Å². The first-order valence-corrected chi connectivity index (χ1v) is 6.21. The Bertz CT molecular complexity index is 380. The Morgan fingerprint density at radius 2 is 2.21 bits per heavy atom. The van der Waals surface area contributed by atoms with Crippen LogP contribution in [-0.4, -0.2) is 35.5 Å². The first-order chi connectivity index (χ1) is 8.91. The number of carbonyl (C=O) groups excluding carboxylic acids is 1. The number of hydrazine groups is 2. The zero-order valence-electron chi connectivity index (χ0n) is 10.5. The molecule has 2 aliphatic rings.